The number of nitrogens with one attached hydrogen (secondary N) is 3. The predicted octanol–water partition coefficient (Wildman–Crippen LogP) is 3.39. The third kappa shape index (κ3) is 9.70. The van der Waals surface area contributed by atoms with Crippen LogP contribution in [0.15, 0.2) is 42.5 Å². The van der Waals surface area contributed by atoms with E-state index < -0.39 is 41.7 Å². The predicted molar refractivity (Wildman–Crippen MR) is 141 cm³/mol. The third-order valence-corrected chi connectivity index (χ3v) is 6.56. The van der Waals surface area contributed by atoms with Crippen LogP contribution in [-0.4, -0.2) is 54.0 Å². The summed E-state index contributed by atoms with van der Waals surface area (Å²) in [5, 5.41) is 19.3. The van der Waals surface area contributed by atoms with Crippen molar-refractivity contribution in [3.63, 3.8) is 0 Å². The van der Waals surface area contributed by atoms with E-state index in [1.54, 1.807) is 6.07 Å². The number of ether oxygens (including phenoxy) is 1. The van der Waals surface area contributed by atoms with Crippen molar-refractivity contribution in [1.82, 2.24) is 16.0 Å². The highest BCUT2D eigenvalue weighted by Gasteiger charge is 2.30. The van der Waals surface area contributed by atoms with Gasteiger partial charge in [-0.05, 0) is 60.8 Å². The number of aliphatic hydroxyl groups excluding tert-OH is 1. The van der Waals surface area contributed by atoms with Crippen LogP contribution in [0.1, 0.15) is 42.4 Å². The van der Waals surface area contributed by atoms with Gasteiger partial charge in [-0.2, -0.15) is 25.8 Å². The lowest BCUT2D eigenvalue weighted by molar-refractivity contribution is -0.137. The zero-order chi connectivity index (χ0) is 28.4. The maximum atomic E-state index is 14.6. The number of alkyl halides is 3. The van der Waals surface area contributed by atoms with E-state index in [-0.39, 0.29) is 50.6 Å². The van der Waals surface area contributed by atoms with Gasteiger partial charge in [0.2, 0.25) is 11.8 Å². The van der Waals surface area contributed by atoms with Crippen molar-refractivity contribution in [3.05, 3.63) is 65.0 Å². The van der Waals surface area contributed by atoms with Gasteiger partial charge >= 0.3 is 6.18 Å². The van der Waals surface area contributed by atoms with Crippen molar-refractivity contribution < 1.29 is 37.0 Å². The van der Waals surface area contributed by atoms with E-state index in [1.165, 1.54) is 24.3 Å². The summed E-state index contributed by atoms with van der Waals surface area (Å²) in [4.78, 5) is 25.5. The van der Waals surface area contributed by atoms with Gasteiger partial charge in [0.25, 0.3) is 0 Å². The Morgan fingerprint density at radius 1 is 1.13 bits per heavy atom. The number of aliphatic hydroxyl groups is 1. The van der Waals surface area contributed by atoms with E-state index in [0.29, 0.717) is 29.7 Å². The molecule has 214 valence electrons. The molecule has 4 N–H and O–H groups in total. The maximum absolute atomic E-state index is 14.6. The molecular formula is C27H33F4N3O4S. The number of fused-ring (bicyclic) bond motifs is 13. The lowest BCUT2D eigenvalue weighted by Gasteiger charge is -2.27. The van der Waals surface area contributed by atoms with Gasteiger partial charge in [-0.3, -0.25) is 9.59 Å². The first-order valence-corrected chi connectivity index (χ1v) is 13.4. The molecule has 2 aromatic rings. The lowest BCUT2D eigenvalue weighted by Crippen LogP contribution is -2.55. The van der Waals surface area contributed by atoms with Gasteiger partial charge in [0, 0.05) is 19.5 Å². The van der Waals surface area contributed by atoms with Gasteiger partial charge in [-0.15, -0.1) is 0 Å². The van der Waals surface area contributed by atoms with E-state index in [0.717, 1.165) is 12.1 Å². The Hall–Kier alpha value is -2.83. The number of rotatable bonds is 7. The molecule has 0 fully saturated rings. The molecule has 2 aliphatic heterocycles. The number of thiol groups is 1. The fourth-order valence-electron chi connectivity index (χ4n) is 4.21. The Labute approximate surface area is 230 Å². The molecule has 2 aliphatic rings. The Bertz CT molecular complexity index is 1120. The second-order valence-electron chi connectivity index (χ2n) is 9.42. The Morgan fingerprint density at radius 2 is 1.92 bits per heavy atom. The van der Waals surface area contributed by atoms with Gasteiger partial charge in [0.15, 0.2) is 11.6 Å². The van der Waals surface area contributed by atoms with Crippen LogP contribution in [0.4, 0.5) is 17.6 Å². The Balaban J connectivity index is 1.76. The topological polar surface area (TPSA) is 99.7 Å². The van der Waals surface area contributed by atoms with E-state index in [4.69, 9.17) is 4.74 Å². The molecular weight excluding hydrogens is 538 g/mol. The number of halogens is 4. The monoisotopic (exact) mass is 571 g/mol. The highest BCUT2D eigenvalue weighted by atomic mass is 32.1. The van der Waals surface area contributed by atoms with Gasteiger partial charge < -0.3 is 25.8 Å². The standard InChI is InChI=1S/C27H33F4N3O4S/c28-20-13-17-7-8-24(20)38-10-2-1-6-25(36)33-21(9-11-39)26(37)34-22(14-17)23(35)16-32-15-18-4-3-5-19(12-18)27(29,30)31/h3-5,7-8,12-13,21-23,32,35,39H,1-2,6,9-11,14-16H2,(H,33,36)(H,34,37)/t21?,22-,23+/m0/s1. The molecule has 2 heterocycles. The molecule has 7 nitrogen and oxygen atoms in total. The molecule has 2 aromatic carbocycles. The third-order valence-electron chi connectivity index (χ3n) is 6.31. The van der Waals surface area contributed by atoms with Crippen molar-refractivity contribution in [3.8, 4) is 5.75 Å². The first kappa shape index (κ1) is 30.7. The fraction of sp³-hybridized carbons (Fsp3) is 0.481. The minimum atomic E-state index is -4.47. The van der Waals surface area contributed by atoms with Gasteiger partial charge in [0.1, 0.15) is 6.04 Å². The van der Waals surface area contributed by atoms with Gasteiger partial charge in [-0.1, -0.05) is 24.3 Å². The summed E-state index contributed by atoms with van der Waals surface area (Å²) in [6, 6.07) is 7.43. The van der Waals surface area contributed by atoms with E-state index in [9.17, 15) is 32.3 Å². The lowest BCUT2D eigenvalue weighted by atomic mass is 9.99. The van der Waals surface area contributed by atoms with Crippen molar-refractivity contribution >= 4 is 24.4 Å². The van der Waals surface area contributed by atoms with Crippen molar-refractivity contribution in [2.45, 2.75) is 63.0 Å². The molecule has 3 atom stereocenters. The van der Waals surface area contributed by atoms with Crippen LogP contribution >= 0.6 is 12.6 Å². The Kier molecular flexibility index (Phi) is 11.4. The number of carbonyl (C=O) groups is 2. The van der Waals surface area contributed by atoms with Crippen LogP contribution in [0.5, 0.6) is 5.75 Å². The molecule has 39 heavy (non-hydrogen) atoms. The zero-order valence-corrected chi connectivity index (χ0v) is 22.2. The fourth-order valence-corrected chi connectivity index (χ4v) is 4.47. The van der Waals surface area contributed by atoms with Crippen LogP contribution in [0, 0.1) is 5.82 Å². The first-order chi connectivity index (χ1) is 18.6. The van der Waals surface area contributed by atoms with Crippen molar-refractivity contribution in [1.29, 1.82) is 0 Å². The number of hydrogen-bond donors (Lipinski definition) is 5. The largest absolute Gasteiger partial charge is 0.491 e. The molecule has 0 aliphatic carbocycles. The van der Waals surface area contributed by atoms with Crippen LogP contribution in [0.2, 0.25) is 0 Å². The van der Waals surface area contributed by atoms with E-state index in [2.05, 4.69) is 28.6 Å². The normalized spacial score (nSPS) is 20.2. The molecule has 0 aromatic heterocycles. The van der Waals surface area contributed by atoms with Gasteiger partial charge in [-0.25, -0.2) is 4.39 Å². The molecule has 0 saturated carbocycles. The summed E-state index contributed by atoms with van der Waals surface area (Å²) in [6.45, 7) is 0.193. The molecule has 2 bridgehead atoms. The quantitative estimate of drug-likeness (QED) is 0.259. The number of carbonyl (C=O) groups excluding carboxylic acids is 2. The van der Waals surface area contributed by atoms with Crippen LogP contribution in [0.3, 0.4) is 0 Å². The van der Waals surface area contributed by atoms with E-state index >= 15 is 0 Å². The smallest absolute Gasteiger partial charge is 0.416 e. The summed E-state index contributed by atoms with van der Waals surface area (Å²) in [6.07, 6.45) is -4.18. The minimum absolute atomic E-state index is 0.0423. The maximum Gasteiger partial charge on any atom is 0.416 e. The highest BCUT2D eigenvalue weighted by Crippen LogP contribution is 2.29. The molecule has 2 amide bonds. The molecule has 0 spiro atoms. The summed E-state index contributed by atoms with van der Waals surface area (Å²) < 4.78 is 59.2. The van der Waals surface area contributed by atoms with Gasteiger partial charge in [0.05, 0.1) is 24.3 Å². The van der Waals surface area contributed by atoms with Crippen LogP contribution in [-0.2, 0) is 28.7 Å². The van der Waals surface area contributed by atoms with Crippen LogP contribution < -0.4 is 20.7 Å². The second-order valence-corrected chi connectivity index (χ2v) is 9.87. The summed E-state index contributed by atoms with van der Waals surface area (Å²) in [7, 11) is 0. The summed E-state index contributed by atoms with van der Waals surface area (Å²) in [5.74, 6) is -1.05. The van der Waals surface area contributed by atoms with Crippen molar-refractivity contribution in [2.75, 3.05) is 18.9 Å². The average Bonchev–Trinajstić information content (AvgIpc) is 2.88. The summed E-state index contributed by atoms with van der Waals surface area (Å²) >= 11 is 4.18. The van der Waals surface area contributed by atoms with Crippen LogP contribution in [0.25, 0.3) is 0 Å². The van der Waals surface area contributed by atoms with Crippen molar-refractivity contribution in [2.24, 2.45) is 0 Å². The molecule has 0 saturated heterocycles. The minimum Gasteiger partial charge on any atom is -0.491 e. The molecule has 1 unspecified atom stereocenters. The molecule has 12 heteroatoms. The zero-order valence-electron chi connectivity index (χ0n) is 21.3. The number of hydrogen-bond acceptors (Lipinski definition) is 6. The SMILES string of the molecule is O=C1CCCCOc2ccc(cc2F)C[C@@H]([C@H](O)CNCc2cccc(C(F)(F)F)c2)NC(=O)C(CCS)N1. The highest BCUT2D eigenvalue weighted by molar-refractivity contribution is 7.80. The molecule has 4 rings (SSSR count). The molecule has 0 radical (unpaired) electrons. The summed E-state index contributed by atoms with van der Waals surface area (Å²) in [5.41, 5.74) is 0.0797. The Morgan fingerprint density at radius 3 is 2.64 bits per heavy atom. The second kappa shape index (κ2) is 14.5. The number of benzene rings is 2. The number of amides is 2. The first-order valence-electron chi connectivity index (χ1n) is 12.7. The average molecular weight is 572 g/mol. The van der Waals surface area contributed by atoms with E-state index in [1.807, 2.05) is 0 Å².